The van der Waals surface area contributed by atoms with Gasteiger partial charge >= 0.3 is 5.97 Å². The SMILES string of the molecule is CCOC(=O)CC(c1ccc(C)c(CCl)c1)c1ccc2c(nnn2CC2CC2)c1C. The molecule has 1 atom stereocenters. The molecule has 4 rings (SSSR count). The number of carbonyl (C=O) groups excluding carboxylic acids is 1. The van der Waals surface area contributed by atoms with Crippen molar-refractivity contribution in [2.24, 2.45) is 5.92 Å². The number of esters is 1. The van der Waals surface area contributed by atoms with Crippen molar-refractivity contribution in [2.45, 2.75) is 58.4 Å². The average Bonchev–Trinajstić information content (AvgIpc) is 3.46. The van der Waals surface area contributed by atoms with E-state index >= 15 is 0 Å². The third-order valence-corrected chi connectivity index (χ3v) is 6.37. The summed E-state index contributed by atoms with van der Waals surface area (Å²) >= 11 is 6.16. The van der Waals surface area contributed by atoms with Crippen LogP contribution in [0.4, 0.5) is 0 Å². The summed E-state index contributed by atoms with van der Waals surface area (Å²) in [5.74, 6) is 0.851. The van der Waals surface area contributed by atoms with E-state index in [2.05, 4.69) is 54.5 Å². The standard InChI is InChI=1S/C24H28ClN3O2/c1-4-30-23(29)12-21(18-8-5-15(2)19(11-18)13-25)20-9-10-22-24(16(20)3)26-27-28(22)14-17-6-7-17/h5,8-11,17,21H,4,6-7,12-14H2,1-3H3. The number of rotatable bonds is 8. The number of aryl methyl sites for hydroxylation is 2. The molecular weight excluding hydrogens is 398 g/mol. The van der Waals surface area contributed by atoms with E-state index in [-0.39, 0.29) is 18.3 Å². The van der Waals surface area contributed by atoms with Crippen LogP contribution >= 0.6 is 11.6 Å². The van der Waals surface area contributed by atoms with Gasteiger partial charge in [-0.3, -0.25) is 4.79 Å². The largest absolute Gasteiger partial charge is 0.466 e. The normalized spacial score (nSPS) is 14.8. The molecule has 0 N–H and O–H groups in total. The lowest BCUT2D eigenvalue weighted by Gasteiger charge is -2.21. The molecule has 0 bridgehead atoms. The third kappa shape index (κ3) is 4.22. The highest BCUT2D eigenvalue weighted by molar-refractivity contribution is 6.17. The van der Waals surface area contributed by atoms with E-state index in [9.17, 15) is 4.79 Å². The molecule has 30 heavy (non-hydrogen) atoms. The van der Waals surface area contributed by atoms with Crippen LogP contribution in [0.3, 0.4) is 0 Å². The van der Waals surface area contributed by atoms with Crippen LogP contribution in [-0.2, 0) is 22.0 Å². The Labute approximate surface area is 182 Å². The van der Waals surface area contributed by atoms with Crippen molar-refractivity contribution in [2.75, 3.05) is 6.61 Å². The Balaban J connectivity index is 1.76. The van der Waals surface area contributed by atoms with Gasteiger partial charge < -0.3 is 4.74 Å². The van der Waals surface area contributed by atoms with Gasteiger partial charge in [-0.25, -0.2) is 4.68 Å². The van der Waals surface area contributed by atoms with E-state index in [1.165, 1.54) is 12.8 Å². The second-order valence-electron chi connectivity index (χ2n) is 8.24. The highest BCUT2D eigenvalue weighted by Crippen LogP contribution is 2.36. The molecule has 5 nitrogen and oxygen atoms in total. The Morgan fingerprint density at radius 1 is 1.27 bits per heavy atom. The first-order valence-electron chi connectivity index (χ1n) is 10.7. The van der Waals surface area contributed by atoms with Gasteiger partial charge in [0.25, 0.3) is 0 Å². The molecule has 0 aliphatic heterocycles. The molecule has 1 heterocycles. The average molecular weight is 426 g/mol. The van der Waals surface area contributed by atoms with Crippen LogP contribution in [0.1, 0.15) is 59.9 Å². The van der Waals surface area contributed by atoms with Gasteiger partial charge in [0, 0.05) is 18.3 Å². The van der Waals surface area contributed by atoms with Gasteiger partial charge in [0.2, 0.25) is 0 Å². The van der Waals surface area contributed by atoms with Crippen LogP contribution < -0.4 is 0 Å². The summed E-state index contributed by atoms with van der Waals surface area (Å²) in [7, 11) is 0. The molecule has 6 heteroatoms. The zero-order valence-corrected chi connectivity index (χ0v) is 18.6. The minimum atomic E-state index is -0.201. The Hall–Kier alpha value is -2.40. The number of halogens is 1. The number of nitrogens with zero attached hydrogens (tertiary/aromatic N) is 3. The van der Waals surface area contributed by atoms with Gasteiger partial charge in [0.1, 0.15) is 5.52 Å². The smallest absolute Gasteiger partial charge is 0.306 e. The van der Waals surface area contributed by atoms with E-state index in [0.717, 1.165) is 51.3 Å². The monoisotopic (exact) mass is 425 g/mol. The number of hydrogen-bond acceptors (Lipinski definition) is 4. The van der Waals surface area contributed by atoms with Crippen LogP contribution in [0.2, 0.25) is 0 Å². The summed E-state index contributed by atoms with van der Waals surface area (Å²) in [6.07, 6.45) is 2.83. The number of carbonyl (C=O) groups is 1. The second kappa shape index (κ2) is 8.76. The lowest BCUT2D eigenvalue weighted by molar-refractivity contribution is -0.143. The molecule has 1 saturated carbocycles. The highest BCUT2D eigenvalue weighted by atomic mass is 35.5. The second-order valence-corrected chi connectivity index (χ2v) is 8.51. The molecule has 1 aromatic heterocycles. The summed E-state index contributed by atoms with van der Waals surface area (Å²) in [6.45, 7) is 7.26. The summed E-state index contributed by atoms with van der Waals surface area (Å²) in [6, 6.07) is 10.5. The number of fused-ring (bicyclic) bond motifs is 1. The van der Waals surface area contributed by atoms with Crippen molar-refractivity contribution < 1.29 is 9.53 Å². The van der Waals surface area contributed by atoms with Crippen LogP contribution in [0.15, 0.2) is 30.3 Å². The Kier molecular flexibility index (Phi) is 6.09. The molecule has 0 spiro atoms. The van der Waals surface area contributed by atoms with E-state index in [1.807, 2.05) is 11.6 Å². The molecule has 0 radical (unpaired) electrons. The van der Waals surface area contributed by atoms with Crippen molar-refractivity contribution in [1.82, 2.24) is 15.0 Å². The van der Waals surface area contributed by atoms with Crippen molar-refractivity contribution in [1.29, 1.82) is 0 Å². The van der Waals surface area contributed by atoms with Gasteiger partial charge in [-0.1, -0.05) is 29.5 Å². The minimum Gasteiger partial charge on any atom is -0.466 e. The summed E-state index contributed by atoms with van der Waals surface area (Å²) < 4.78 is 7.30. The van der Waals surface area contributed by atoms with Crippen molar-refractivity contribution in [3.8, 4) is 0 Å². The van der Waals surface area contributed by atoms with Crippen LogP contribution in [0.5, 0.6) is 0 Å². The summed E-state index contributed by atoms with van der Waals surface area (Å²) in [5, 5.41) is 8.87. The molecule has 158 valence electrons. The fourth-order valence-electron chi connectivity index (χ4n) is 4.09. The lowest BCUT2D eigenvalue weighted by atomic mass is 9.84. The number of alkyl halides is 1. The van der Waals surface area contributed by atoms with Gasteiger partial charge in [-0.2, -0.15) is 0 Å². The van der Waals surface area contributed by atoms with E-state index in [0.29, 0.717) is 12.5 Å². The molecule has 1 aliphatic rings. The summed E-state index contributed by atoms with van der Waals surface area (Å²) in [5.41, 5.74) is 7.42. The zero-order chi connectivity index (χ0) is 21.3. The predicted molar refractivity (Wildman–Crippen MR) is 119 cm³/mol. The first kappa shape index (κ1) is 20.9. The van der Waals surface area contributed by atoms with Gasteiger partial charge in [-0.15, -0.1) is 16.7 Å². The Bertz CT molecular complexity index is 1070. The number of benzene rings is 2. The lowest BCUT2D eigenvalue weighted by Crippen LogP contribution is -2.13. The molecule has 1 aliphatic carbocycles. The Morgan fingerprint density at radius 3 is 2.77 bits per heavy atom. The van der Waals surface area contributed by atoms with E-state index < -0.39 is 0 Å². The Morgan fingerprint density at radius 2 is 2.07 bits per heavy atom. The fourth-order valence-corrected chi connectivity index (χ4v) is 4.37. The van der Waals surface area contributed by atoms with Crippen molar-refractivity contribution >= 4 is 28.6 Å². The molecule has 1 unspecified atom stereocenters. The molecule has 2 aromatic carbocycles. The molecular formula is C24H28ClN3O2. The van der Waals surface area contributed by atoms with Gasteiger partial charge in [0.15, 0.2) is 0 Å². The highest BCUT2D eigenvalue weighted by Gasteiger charge is 2.26. The maximum atomic E-state index is 12.4. The molecule has 0 amide bonds. The van der Waals surface area contributed by atoms with Crippen LogP contribution in [0, 0.1) is 19.8 Å². The van der Waals surface area contributed by atoms with Crippen molar-refractivity contribution in [3.05, 3.63) is 58.1 Å². The fraction of sp³-hybridized carbons (Fsp3) is 0.458. The zero-order valence-electron chi connectivity index (χ0n) is 17.8. The first-order chi connectivity index (χ1) is 14.5. The first-order valence-corrected chi connectivity index (χ1v) is 11.2. The summed E-state index contributed by atoms with van der Waals surface area (Å²) in [4.78, 5) is 12.4. The van der Waals surface area contributed by atoms with E-state index in [4.69, 9.17) is 16.3 Å². The third-order valence-electron chi connectivity index (χ3n) is 6.08. The minimum absolute atomic E-state index is 0.121. The van der Waals surface area contributed by atoms with Crippen molar-refractivity contribution in [3.63, 3.8) is 0 Å². The predicted octanol–water partition coefficient (Wildman–Crippen LogP) is 5.28. The van der Waals surface area contributed by atoms with E-state index in [1.54, 1.807) is 0 Å². The quantitative estimate of drug-likeness (QED) is 0.364. The number of ether oxygens (including phenoxy) is 1. The maximum absolute atomic E-state index is 12.4. The number of hydrogen-bond donors (Lipinski definition) is 0. The van der Waals surface area contributed by atoms with Gasteiger partial charge in [0.05, 0.1) is 18.5 Å². The maximum Gasteiger partial charge on any atom is 0.306 e. The molecule has 3 aromatic rings. The topological polar surface area (TPSA) is 57.0 Å². The van der Waals surface area contributed by atoms with Crippen LogP contribution in [-0.4, -0.2) is 27.6 Å². The molecule has 0 saturated heterocycles. The van der Waals surface area contributed by atoms with Gasteiger partial charge in [-0.05, 0) is 73.4 Å². The van der Waals surface area contributed by atoms with Crippen LogP contribution in [0.25, 0.3) is 11.0 Å². The molecule has 1 fully saturated rings. The number of aromatic nitrogens is 3.